The third-order valence-corrected chi connectivity index (χ3v) is 8.25. The summed E-state index contributed by atoms with van der Waals surface area (Å²) < 4.78 is 18.1. The molecule has 0 spiro atoms. The number of carbonyl (C=O) groups is 2. The first-order chi connectivity index (χ1) is 20.5. The highest BCUT2D eigenvalue weighted by Gasteiger charge is 2.46. The number of nitrogens with one attached hydrogen (secondary N) is 3. The lowest BCUT2D eigenvalue weighted by Gasteiger charge is -2.37. The standard InChI is InChI=1S/C33H37N3O6/c37-20-30-32-28(27-16-23(12-15-29(27)42-32)36-33(39)35-22-6-4-5-7-22)17-26(41-30)18-31(38)34-19-21-10-13-25(14-11-21)40-24-8-2-1-3-9-24/h1-3,8-16,22,26,28,30,32,37H,4-7,17-20H2,(H,34,38)(H2,35,36,39)/t26-,28+,30+,32-/m0/s1. The number of aliphatic hydroxyl groups is 1. The van der Waals surface area contributed by atoms with Crippen LogP contribution in [0.1, 0.15) is 55.6 Å². The van der Waals surface area contributed by atoms with Gasteiger partial charge in [-0.2, -0.15) is 0 Å². The van der Waals surface area contributed by atoms with Crippen LogP contribution >= 0.6 is 0 Å². The van der Waals surface area contributed by atoms with Gasteiger partial charge >= 0.3 is 6.03 Å². The van der Waals surface area contributed by atoms with Crippen LogP contribution in [0.25, 0.3) is 0 Å². The Bertz CT molecular complexity index is 1380. The minimum atomic E-state index is -0.548. The summed E-state index contributed by atoms with van der Waals surface area (Å²) in [6, 6.07) is 22.8. The van der Waals surface area contributed by atoms with Crippen LogP contribution in [0.15, 0.2) is 72.8 Å². The number of hydrogen-bond acceptors (Lipinski definition) is 6. The molecule has 2 aliphatic heterocycles. The lowest BCUT2D eigenvalue weighted by Crippen LogP contribution is -2.47. The number of fused-ring (bicyclic) bond motifs is 3. The molecule has 3 aliphatic rings. The Morgan fingerprint density at radius 2 is 1.71 bits per heavy atom. The lowest BCUT2D eigenvalue weighted by molar-refractivity contribution is -0.142. The number of para-hydroxylation sites is 1. The van der Waals surface area contributed by atoms with Gasteiger partial charge in [-0.15, -0.1) is 0 Å². The molecule has 1 aliphatic carbocycles. The molecule has 0 unspecified atom stereocenters. The van der Waals surface area contributed by atoms with Crippen LogP contribution in [0.2, 0.25) is 0 Å². The van der Waals surface area contributed by atoms with E-state index in [2.05, 4.69) is 16.0 Å². The van der Waals surface area contributed by atoms with E-state index in [1.54, 1.807) is 0 Å². The summed E-state index contributed by atoms with van der Waals surface area (Å²) in [6.07, 6.45) is 3.81. The molecule has 4 atom stereocenters. The van der Waals surface area contributed by atoms with Crippen LogP contribution in [0, 0.1) is 0 Å². The van der Waals surface area contributed by atoms with E-state index in [-0.39, 0.29) is 49.1 Å². The van der Waals surface area contributed by atoms with Crippen molar-refractivity contribution in [3.05, 3.63) is 83.9 Å². The first-order valence-electron chi connectivity index (χ1n) is 14.8. The van der Waals surface area contributed by atoms with Crippen molar-refractivity contribution < 1.29 is 28.9 Å². The second-order valence-corrected chi connectivity index (χ2v) is 11.3. The fourth-order valence-corrected chi connectivity index (χ4v) is 6.17. The summed E-state index contributed by atoms with van der Waals surface area (Å²) in [6.45, 7) is 0.177. The van der Waals surface area contributed by atoms with E-state index < -0.39 is 6.10 Å². The maximum atomic E-state index is 12.9. The van der Waals surface area contributed by atoms with Crippen molar-refractivity contribution in [2.45, 2.75) is 75.3 Å². The monoisotopic (exact) mass is 571 g/mol. The molecule has 3 aromatic carbocycles. The van der Waals surface area contributed by atoms with Crippen molar-refractivity contribution in [2.24, 2.45) is 0 Å². The predicted octanol–water partition coefficient (Wildman–Crippen LogP) is 5.24. The Balaban J connectivity index is 1.03. The van der Waals surface area contributed by atoms with Gasteiger partial charge in [-0.3, -0.25) is 4.79 Å². The van der Waals surface area contributed by atoms with Crippen molar-refractivity contribution in [3.8, 4) is 17.2 Å². The summed E-state index contributed by atoms with van der Waals surface area (Å²) in [4.78, 5) is 25.4. The van der Waals surface area contributed by atoms with E-state index in [9.17, 15) is 14.7 Å². The summed E-state index contributed by atoms with van der Waals surface area (Å²) in [7, 11) is 0. The average Bonchev–Trinajstić information content (AvgIpc) is 3.64. The predicted molar refractivity (Wildman–Crippen MR) is 158 cm³/mol. The molecule has 1 saturated carbocycles. The molecule has 42 heavy (non-hydrogen) atoms. The molecule has 0 aromatic heterocycles. The van der Waals surface area contributed by atoms with Crippen LogP contribution in [-0.4, -0.2) is 48.0 Å². The van der Waals surface area contributed by atoms with Gasteiger partial charge in [0.25, 0.3) is 0 Å². The normalized spacial score (nSPS) is 22.9. The first-order valence-corrected chi connectivity index (χ1v) is 14.8. The van der Waals surface area contributed by atoms with Gasteiger partial charge in [0, 0.05) is 29.8 Å². The van der Waals surface area contributed by atoms with Crippen molar-refractivity contribution in [3.63, 3.8) is 0 Å². The second-order valence-electron chi connectivity index (χ2n) is 11.3. The number of aliphatic hydroxyl groups excluding tert-OH is 1. The van der Waals surface area contributed by atoms with Crippen molar-refractivity contribution in [2.75, 3.05) is 11.9 Å². The van der Waals surface area contributed by atoms with Gasteiger partial charge < -0.3 is 35.3 Å². The van der Waals surface area contributed by atoms with Gasteiger partial charge in [-0.05, 0) is 67.3 Å². The van der Waals surface area contributed by atoms with Crippen molar-refractivity contribution in [1.82, 2.24) is 10.6 Å². The molecule has 1 saturated heterocycles. The largest absolute Gasteiger partial charge is 0.487 e. The molecule has 3 aromatic rings. The maximum absolute atomic E-state index is 12.9. The van der Waals surface area contributed by atoms with Crippen LogP contribution < -0.4 is 25.4 Å². The molecule has 2 fully saturated rings. The number of carbonyl (C=O) groups excluding carboxylic acids is 2. The van der Waals surface area contributed by atoms with Gasteiger partial charge in [0.05, 0.1) is 19.1 Å². The van der Waals surface area contributed by atoms with Gasteiger partial charge in [0.15, 0.2) is 0 Å². The zero-order valence-electron chi connectivity index (χ0n) is 23.5. The SMILES string of the molecule is O=C(C[C@@H]1C[C@@H]2c3cc(NC(=O)NC4CCCC4)ccc3O[C@@H]2[C@@H](CO)O1)NCc1ccc(Oc2ccccc2)cc1. The maximum Gasteiger partial charge on any atom is 0.319 e. The van der Waals surface area contributed by atoms with Gasteiger partial charge in [-0.1, -0.05) is 43.2 Å². The van der Waals surface area contributed by atoms with Gasteiger partial charge in [-0.25, -0.2) is 4.79 Å². The average molecular weight is 572 g/mol. The Morgan fingerprint density at radius 1 is 0.952 bits per heavy atom. The van der Waals surface area contributed by atoms with Gasteiger partial charge in [0.2, 0.25) is 5.91 Å². The van der Waals surface area contributed by atoms with E-state index in [0.717, 1.165) is 54.1 Å². The van der Waals surface area contributed by atoms with Crippen LogP contribution in [0.3, 0.4) is 0 Å². The number of benzene rings is 3. The topological polar surface area (TPSA) is 118 Å². The molecule has 9 nitrogen and oxygen atoms in total. The minimum Gasteiger partial charge on any atom is -0.487 e. The number of urea groups is 1. The van der Waals surface area contributed by atoms with Crippen molar-refractivity contribution in [1.29, 1.82) is 0 Å². The summed E-state index contributed by atoms with van der Waals surface area (Å²) in [5.41, 5.74) is 2.61. The van der Waals surface area contributed by atoms with Crippen LogP contribution in [0.5, 0.6) is 17.2 Å². The summed E-state index contributed by atoms with van der Waals surface area (Å²) in [5, 5.41) is 19.0. The molecule has 4 N–H and O–H groups in total. The quantitative estimate of drug-likeness (QED) is 0.279. The molecule has 3 amide bonds. The number of hydrogen-bond donors (Lipinski definition) is 4. The first kappa shape index (κ1) is 28.1. The Hall–Kier alpha value is -4.08. The number of anilines is 1. The Morgan fingerprint density at radius 3 is 2.48 bits per heavy atom. The van der Waals surface area contributed by atoms with Gasteiger partial charge in [0.1, 0.15) is 29.5 Å². The zero-order chi connectivity index (χ0) is 28.9. The van der Waals surface area contributed by atoms with Crippen LogP contribution in [0.4, 0.5) is 10.5 Å². The molecule has 0 radical (unpaired) electrons. The third kappa shape index (κ3) is 6.69. The fraction of sp³-hybridized carbons (Fsp3) is 0.394. The zero-order valence-corrected chi connectivity index (χ0v) is 23.5. The van der Waals surface area contributed by atoms with E-state index in [1.807, 2.05) is 72.8 Å². The molecular formula is C33H37N3O6. The number of amides is 3. The minimum absolute atomic E-state index is 0.0551. The fourth-order valence-electron chi connectivity index (χ4n) is 6.17. The number of rotatable bonds is 9. The van der Waals surface area contributed by atoms with E-state index in [4.69, 9.17) is 14.2 Å². The van der Waals surface area contributed by atoms with E-state index in [0.29, 0.717) is 18.7 Å². The molecule has 6 rings (SSSR count). The van der Waals surface area contributed by atoms with E-state index in [1.165, 1.54) is 0 Å². The summed E-state index contributed by atoms with van der Waals surface area (Å²) >= 11 is 0. The van der Waals surface area contributed by atoms with Crippen LogP contribution in [-0.2, 0) is 16.1 Å². The smallest absolute Gasteiger partial charge is 0.319 e. The highest BCUT2D eigenvalue weighted by molar-refractivity contribution is 5.89. The molecule has 9 heteroatoms. The number of ether oxygens (including phenoxy) is 3. The second kappa shape index (κ2) is 12.8. The highest BCUT2D eigenvalue weighted by atomic mass is 16.6. The highest BCUT2D eigenvalue weighted by Crippen LogP contribution is 2.47. The Kier molecular flexibility index (Phi) is 8.58. The molecule has 0 bridgehead atoms. The summed E-state index contributed by atoms with van der Waals surface area (Å²) in [5.74, 6) is 2.03. The third-order valence-electron chi connectivity index (χ3n) is 8.25. The lowest BCUT2D eigenvalue weighted by atomic mass is 9.84. The van der Waals surface area contributed by atoms with Crippen molar-refractivity contribution >= 4 is 17.6 Å². The van der Waals surface area contributed by atoms with E-state index >= 15 is 0 Å². The molecule has 220 valence electrons. The molecule has 2 heterocycles. The Labute approximate surface area is 245 Å². The molecular weight excluding hydrogens is 534 g/mol.